The second kappa shape index (κ2) is 7.20. The third-order valence-corrected chi connectivity index (χ3v) is 6.22. The van der Waals surface area contributed by atoms with E-state index in [9.17, 15) is 4.79 Å². The zero-order chi connectivity index (χ0) is 20.0. The van der Waals surface area contributed by atoms with E-state index >= 15 is 4.39 Å². The van der Waals surface area contributed by atoms with Crippen molar-refractivity contribution < 1.29 is 13.9 Å². The summed E-state index contributed by atoms with van der Waals surface area (Å²) >= 11 is 0. The van der Waals surface area contributed by atoms with Crippen molar-refractivity contribution in [3.8, 4) is 0 Å². The van der Waals surface area contributed by atoms with Gasteiger partial charge >= 0.3 is 5.97 Å². The van der Waals surface area contributed by atoms with Crippen molar-refractivity contribution in [2.24, 2.45) is 17.8 Å². The molecule has 4 heteroatoms. The number of hydrogen-bond donors (Lipinski definition) is 0. The van der Waals surface area contributed by atoms with E-state index in [-0.39, 0.29) is 17.9 Å². The van der Waals surface area contributed by atoms with Crippen molar-refractivity contribution in [2.75, 3.05) is 6.54 Å². The molecule has 2 aliphatic rings. The van der Waals surface area contributed by atoms with E-state index in [0.29, 0.717) is 17.4 Å². The van der Waals surface area contributed by atoms with Crippen LogP contribution in [0.5, 0.6) is 0 Å². The number of hydrogen-bond acceptors (Lipinski definition) is 3. The van der Waals surface area contributed by atoms with E-state index in [1.54, 1.807) is 6.92 Å². The van der Waals surface area contributed by atoms with Gasteiger partial charge < -0.3 is 4.74 Å². The Hall–Kier alpha value is -1.42. The fraction of sp³-hybridized carbons (Fsp3) is 0.696. The molecular weight excluding hydrogens is 341 g/mol. The lowest BCUT2D eigenvalue weighted by Gasteiger charge is -2.44. The number of esters is 1. The molecule has 1 aromatic rings. The van der Waals surface area contributed by atoms with Crippen molar-refractivity contribution in [1.29, 1.82) is 0 Å². The number of alkyl halides is 1. The molecule has 0 N–H and O–H groups in total. The maximum absolute atomic E-state index is 16.3. The van der Waals surface area contributed by atoms with Crippen LogP contribution in [0.15, 0.2) is 30.3 Å². The maximum atomic E-state index is 16.3. The predicted octanol–water partition coefficient (Wildman–Crippen LogP) is 4.95. The van der Waals surface area contributed by atoms with Crippen LogP contribution in [0, 0.1) is 17.8 Å². The highest BCUT2D eigenvalue weighted by Gasteiger charge is 2.58. The molecule has 27 heavy (non-hydrogen) atoms. The Labute approximate surface area is 163 Å². The Morgan fingerprint density at radius 1 is 1.15 bits per heavy atom. The molecule has 1 aromatic carbocycles. The standard InChI is InChI=1S/C23H34FNO2/c1-15(2)19(21(26)27-22(3,4)5)25-14-16-12-13-18(16)20(25)23(6,24)17-10-8-7-9-11-17/h7-11,15-16,18-20H,12-14H2,1-6H3/t16-,18-,19-,20+,23+/m0/s1. The third kappa shape index (κ3) is 3.91. The van der Waals surface area contributed by atoms with Gasteiger partial charge in [0.15, 0.2) is 0 Å². The highest BCUT2D eigenvalue weighted by atomic mass is 19.1. The summed E-state index contributed by atoms with van der Waals surface area (Å²) in [7, 11) is 0. The quantitative estimate of drug-likeness (QED) is 0.682. The van der Waals surface area contributed by atoms with Gasteiger partial charge in [-0.1, -0.05) is 44.2 Å². The summed E-state index contributed by atoms with van der Waals surface area (Å²) in [4.78, 5) is 15.2. The number of benzene rings is 1. The summed E-state index contributed by atoms with van der Waals surface area (Å²) in [6.45, 7) is 12.2. The summed E-state index contributed by atoms with van der Waals surface area (Å²) in [6.07, 6.45) is 2.17. The molecule has 5 atom stereocenters. The molecule has 0 amide bonds. The SMILES string of the molecule is CC(C)[C@@H](C(=O)OC(C)(C)C)N1C[C@@H]2CC[C@@H]2[C@@H]1[C@](C)(F)c1ccccc1. The molecule has 3 rings (SSSR count). The first-order valence-corrected chi connectivity index (χ1v) is 10.3. The molecule has 0 aromatic heterocycles. The first kappa shape index (κ1) is 20.3. The Bertz CT molecular complexity index is 665. The van der Waals surface area contributed by atoms with Crippen LogP contribution in [0.2, 0.25) is 0 Å². The van der Waals surface area contributed by atoms with E-state index in [4.69, 9.17) is 4.74 Å². The van der Waals surface area contributed by atoms with Crippen LogP contribution < -0.4 is 0 Å². The number of likely N-dealkylation sites (tertiary alicyclic amines) is 1. The number of rotatable bonds is 5. The normalized spacial score (nSPS) is 29.0. The van der Waals surface area contributed by atoms with Gasteiger partial charge in [0.05, 0.1) is 6.04 Å². The van der Waals surface area contributed by atoms with Gasteiger partial charge in [0.1, 0.15) is 17.3 Å². The molecule has 1 saturated carbocycles. The van der Waals surface area contributed by atoms with Crippen molar-refractivity contribution >= 4 is 5.97 Å². The summed E-state index contributed by atoms with van der Waals surface area (Å²) in [5.41, 5.74) is -1.35. The molecule has 0 unspecified atom stereocenters. The van der Waals surface area contributed by atoms with Crippen LogP contribution in [-0.4, -0.2) is 35.1 Å². The van der Waals surface area contributed by atoms with Crippen LogP contribution in [0.4, 0.5) is 4.39 Å². The largest absolute Gasteiger partial charge is 0.459 e. The second-order valence-electron chi connectivity index (χ2n) is 9.81. The minimum absolute atomic E-state index is 0.0615. The lowest BCUT2D eigenvalue weighted by atomic mass is 9.68. The molecule has 0 radical (unpaired) electrons. The zero-order valence-corrected chi connectivity index (χ0v) is 17.5. The molecule has 150 valence electrons. The molecule has 3 nitrogen and oxygen atoms in total. The first-order valence-electron chi connectivity index (χ1n) is 10.3. The van der Waals surface area contributed by atoms with Crippen molar-refractivity contribution in [2.45, 2.75) is 77.7 Å². The van der Waals surface area contributed by atoms with Gasteiger partial charge in [-0.3, -0.25) is 9.69 Å². The minimum atomic E-state index is -1.50. The molecule has 0 spiro atoms. The Morgan fingerprint density at radius 2 is 1.78 bits per heavy atom. The van der Waals surface area contributed by atoms with E-state index in [0.717, 1.165) is 19.4 Å². The summed E-state index contributed by atoms with van der Waals surface area (Å²) < 4.78 is 22.0. The number of carbonyl (C=O) groups excluding carboxylic acids is 1. The van der Waals surface area contributed by atoms with Crippen LogP contribution >= 0.6 is 0 Å². The highest BCUT2D eigenvalue weighted by Crippen LogP contribution is 2.53. The van der Waals surface area contributed by atoms with Gasteiger partial charge in [0.25, 0.3) is 0 Å². The average molecular weight is 376 g/mol. The van der Waals surface area contributed by atoms with Gasteiger partial charge in [-0.05, 0) is 63.9 Å². The number of ether oxygens (including phenoxy) is 1. The molecule has 1 aliphatic heterocycles. The first-order chi connectivity index (χ1) is 12.5. The minimum Gasteiger partial charge on any atom is -0.459 e. The number of nitrogens with zero attached hydrogens (tertiary/aromatic N) is 1. The van der Waals surface area contributed by atoms with Gasteiger partial charge in [-0.25, -0.2) is 4.39 Å². The fourth-order valence-corrected chi connectivity index (χ4v) is 4.95. The lowest BCUT2D eigenvalue weighted by Crippen LogP contribution is -2.55. The predicted molar refractivity (Wildman–Crippen MR) is 106 cm³/mol. The highest BCUT2D eigenvalue weighted by molar-refractivity contribution is 5.76. The van der Waals surface area contributed by atoms with Crippen LogP contribution in [0.1, 0.15) is 59.9 Å². The van der Waals surface area contributed by atoms with Gasteiger partial charge in [0, 0.05) is 6.54 Å². The van der Waals surface area contributed by atoms with Crippen LogP contribution in [0.3, 0.4) is 0 Å². The van der Waals surface area contributed by atoms with Crippen LogP contribution in [0.25, 0.3) is 0 Å². The van der Waals surface area contributed by atoms with E-state index in [1.165, 1.54) is 0 Å². The Morgan fingerprint density at radius 3 is 2.26 bits per heavy atom. The number of halogens is 1. The zero-order valence-electron chi connectivity index (χ0n) is 17.5. The van der Waals surface area contributed by atoms with Crippen molar-refractivity contribution in [3.05, 3.63) is 35.9 Å². The smallest absolute Gasteiger partial charge is 0.324 e. The summed E-state index contributed by atoms with van der Waals surface area (Å²) in [5, 5.41) is 0. The van der Waals surface area contributed by atoms with Gasteiger partial charge in [-0.2, -0.15) is 0 Å². The summed E-state index contributed by atoms with van der Waals surface area (Å²) in [6, 6.07) is 8.70. The Balaban J connectivity index is 1.95. The third-order valence-electron chi connectivity index (χ3n) is 6.22. The monoisotopic (exact) mass is 375 g/mol. The van der Waals surface area contributed by atoms with Crippen molar-refractivity contribution in [1.82, 2.24) is 4.90 Å². The Kier molecular flexibility index (Phi) is 5.42. The average Bonchev–Trinajstić information content (AvgIpc) is 2.78. The fourth-order valence-electron chi connectivity index (χ4n) is 4.95. The van der Waals surface area contributed by atoms with Crippen LogP contribution in [-0.2, 0) is 15.2 Å². The molecule has 1 aliphatic carbocycles. The topological polar surface area (TPSA) is 29.5 Å². The van der Waals surface area contributed by atoms with E-state index in [2.05, 4.69) is 4.90 Å². The van der Waals surface area contributed by atoms with Crippen molar-refractivity contribution in [3.63, 3.8) is 0 Å². The lowest BCUT2D eigenvalue weighted by molar-refractivity contribution is -0.165. The molecular formula is C23H34FNO2. The van der Waals surface area contributed by atoms with E-state index < -0.39 is 17.3 Å². The molecule has 1 heterocycles. The molecule has 0 bridgehead atoms. The molecule has 2 fully saturated rings. The second-order valence-corrected chi connectivity index (χ2v) is 9.81. The summed E-state index contributed by atoms with van der Waals surface area (Å²) in [5.74, 6) is 0.625. The van der Waals surface area contributed by atoms with Gasteiger partial charge in [0.2, 0.25) is 0 Å². The maximum Gasteiger partial charge on any atom is 0.324 e. The molecule has 1 saturated heterocycles. The number of carbonyl (C=O) groups is 1. The van der Waals surface area contributed by atoms with Gasteiger partial charge in [-0.15, -0.1) is 0 Å². The van der Waals surface area contributed by atoms with E-state index in [1.807, 2.05) is 65.0 Å². The number of fused-ring (bicyclic) bond motifs is 1.